The van der Waals surface area contributed by atoms with Gasteiger partial charge in [-0.1, -0.05) is 30.0 Å². The lowest BCUT2D eigenvalue weighted by Gasteiger charge is -2.31. The number of rotatable bonds is 4. The van der Waals surface area contributed by atoms with Gasteiger partial charge in [-0.2, -0.15) is 0 Å². The normalized spacial score (nSPS) is 15.8. The molecule has 4 nitrogen and oxygen atoms in total. The van der Waals surface area contributed by atoms with E-state index in [1.165, 1.54) is 0 Å². The molecule has 1 aliphatic rings. The first-order chi connectivity index (χ1) is 11.1. The predicted molar refractivity (Wildman–Crippen MR) is 85.3 cm³/mol. The molecule has 1 aromatic carbocycles. The van der Waals surface area contributed by atoms with Gasteiger partial charge < -0.3 is 10.6 Å². The number of piperidine rings is 1. The van der Waals surface area contributed by atoms with Crippen LogP contribution < -0.4 is 10.6 Å². The number of benzene rings is 1. The van der Waals surface area contributed by atoms with Gasteiger partial charge in [-0.15, -0.1) is 0 Å². The molecule has 1 saturated heterocycles. The Morgan fingerprint density at radius 1 is 1.26 bits per heavy atom. The van der Waals surface area contributed by atoms with Gasteiger partial charge in [0.1, 0.15) is 0 Å². The highest BCUT2D eigenvalue weighted by Gasteiger charge is 2.22. The van der Waals surface area contributed by atoms with E-state index < -0.39 is 6.43 Å². The van der Waals surface area contributed by atoms with Crippen molar-refractivity contribution in [2.75, 3.05) is 26.2 Å². The Morgan fingerprint density at radius 2 is 1.96 bits per heavy atom. The molecule has 0 unspecified atom stereocenters. The van der Waals surface area contributed by atoms with E-state index >= 15 is 0 Å². The summed E-state index contributed by atoms with van der Waals surface area (Å²) < 4.78 is 24.6. The van der Waals surface area contributed by atoms with Crippen LogP contribution in [0.1, 0.15) is 18.4 Å². The SMILES string of the molecule is O=C(NCC#Cc1ccccc1)NC1CCN(CC(F)F)CC1. The average molecular weight is 321 g/mol. The van der Waals surface area contributed by atoms with Crippen LogP contribution >= 0.6 is 0 Å². The summed E-state index contributed by atoms with van der Waals surface area (Å²) in [6, 6.07) is 9.31. The van der Waals surface area contributed by atoms with E-state index in [-0.39, 0.29) is 25.2 Å². The maximum atomic E-state index is 12.3. The molecule has 1 aromatic rings. The summed E-state index contributed by atoms with van der Waals surface area (Å²) in [6.07, 6.45) is -0.919. The van der Waals surface area contributed by atoms with Gasteiger partial charge in [0.05, 0.1) is 13.1 Å². The summed E-state index contributed by atoms with van der Waals surface area (Å²) in [6.45, 7) is 1.26. The third kappa shape index (κ3) is 6.66. The van der Waals surface area contributed by atoms with Gasteiger partial charge in [-0.3, -0.25) is 4.90 Å². The van der Waals surface area contributed by atoms with Crippen molar-refractivity contribution < 1.29 is 13.6 Å². The van der Waals surface area contributed by atoms with Crippen LogP contribution in [-0.4, -0.2) is 49.6 Å². The lowest BCUT2D eigenvalue weighted by Crippen LogP contribution is -2.48. The van der Waals surface area contributed by atoms with Crippen LogP contribution in [0.25, 0.3) is 0 Å². The summed E-state index contributed by atoms with van der Waals surface area (Å²) in [5.41, 5.74) is 0.904. The maximum Gasteiger partial charge on any atom is 0.315 e. The van der Waals surface area contributed by atoms with Crippen LogP contribution in [0.3, 0.4) is 0 Å². The molecule has 2 amide bonds. The van der Waals surface area contributed by atoms with E-state index in [9.17, 15) is 13.6 Å². The number of nitrogens with one attached hydrogen (secondary N) is 2. The fourth-order valence-corrected chi connectivity index (χ4v) is 2.48. The molecule has 0 saturated carbocycles. The molecule has 0 radical (unpaired) electrons. The zero-order valence-corrected chi connectivity index (χ0v) is 12.9. The summed E-state index contributed by atoms with van der Waals surface area (Å²) in [7, 11) is 0. The van der Waals surface area contributed by atoms with Crippen LogP contribution in [0.2, 0.25) is 0 Å². The molecule has 0 bridgehead atoms. The number of likely N-dealkylation sites (tertiary alicyclic amines) is 1. The smallest absolute Gasteiger partial charge is 0.315 e. The van der Waals surface area contributed by atoms with Gasteiger partial charge in [0.25, 0.3) is 6.43 Å². The highest BCUT2D eigenvalue weighted by molar-refractivity contribution is 5.74. The van der Waals surface area contributed by atoms with Crippen molar-refractivity contribution in [2.24, 2.45) is 0 Å². The van der Waals surface area contributed by atoms with Crippen molar-refractivity contribution >= 4 is 6.03 Å². The van der Waals surface area contributed by atoms with E-state index in [2.05, 4.69) is 22.5 Å². The van der Waals surface area contributed by atoms with Gasteiger partial charge in [0, 0.05) is 24.7 Å². The van der Waals surface area contributed by atoms with Crippen molar-refractivity contribution in [2.45, 2.75) is 25.3 Å². The van der Waals surface area contributed by atoms with Gasteiger partial charge in [-0.05, 0) is 25.0 Å². The molecule has 23 heavy (non-hydrogen) atoms. The highest BCUT2D eigenvalue weighted by Crippen LogP contribution is 2.11. The topological polar surface area (TPSA) is 44.4 Å². The number of hydrogen-bond acceptors (Lipinski definition) is 2. The zero-order valence-electron chi connectivity index (χ0n) is 12.9. The van der Waals surface area contributed by atoms with Crippen LogP contribution in [0.4, 0.5) is 13.6 Å². The largest absolute Gasteiger partial charge is 0.335 e. The van der Waals surface area contributed by atoms with Crippen LogP contribution in [0, 0.1) is 11.8 Å². The molecule has 6 heteroatoms. The number of halogens is 2. The Hall–Kier alpha value is -2.13. The molecule has 1 fully saturated rings. The van der Waals surface area contributed by atoms with Gasteiger partial charge in [-0.25, -0.2) is 13.6 Å². The third-order valence-corrected chi connectivity index (χ3v) is 3.66. The Labute approximate surface area is 135 Å². The Morgan fingerprint density at radius 3 is 2.61 bits per heavy atom. The predicted octanol–water partition coefficient (Wildman–Crippen LogP) is 2.07. The summed E-state index contributed by atoms with van der Waals surface area (Å²) in [5.74, 6) is 5.84. The van der Waals surface area contributed by atoms with Crippen LogP contribution in [0.15, 0.2) is 30.3 Å². The van der Waals surface area contributed by atoms with Gasteiger partial charge in [0.15, 0.2) is 0 Å². The monoisotopic (exact) mass is 321 g/mol. The molecule has 124 valence electrons. The number of carbonyl (C=O) groups excluding carboxylic acids is 1. The molecular weight excluding hydrogens is 300 g/mol. The Balaban J connectivity index is 1.63. The minimum absolute atomic E-state index is 0.0333. The van der Waals surface area contributed by atoms with Crippen LogP contribution in [0.5, 0.6) is 0 Å². The molecule has 0 atom stereocenters. The van der Waals surface area contributed by atoms with E-state index in [1.807, 2.05) is 30.3 Å². The first kappa shape index (κ1) is 17.2. The van der Waals surface area contributed by atoms with Gasteiger partial charge >= 0.3 is 6.03 Å². The zero-order chi connectivity index (χ0) is 16.5. The van der Waals surface area contributed by atoms with Crippen molar-refractivity contribution in [3.05, 3.63) is 35.9 Å². The standard InChI is InChI=1S/C17H21F2N3O/c18-16(19)13-22-11-8-15(9-12-22)21-17(23)20-10-4-7-14-5-2-1-3-6-14/h1-3,5-6,15-16H,8-13H2,(H2,20,21,23). The first-order valence-corrected chi connectivity index (χ1v) is 7.72. The van der Waals surface area contributed by atoms with E-state index in [0.717, 1.165) is 5.56 Å². The number of carbonyl (C=O) groups is 1. The molecule has 0 aliphatic carbocycles. The van der Waals surface area contributed by atoms with E-state index in [4.69, 9.17) is 0 Å². The molecular formula is C17H21F2N3O. The third-order valence-electron chi connectivity index (χ3n) is 3.66. The summed E-state index contributed by atoms with van der Waals surface area (Å²) in [4.78, 5) is 13.5. The number of hydrogen-bond donors (Lipinski definition) is 2. The first-order valence-electron chi connectivity index (χ1n) is 7.72. The average Bonchev–Trinajstić information content (AvgIpc) is 2.54. The number of amides is 2. The van der Waals surface area contributed by atoms with Crippen molar-refractivity contribution in [3.63, 3.8) is 0 Å². The molecule has 0 aromatic heterocycles. The quantitative estimate of drug-likeness (QED) is 0.834. The second-order valence-corrected chi connectivity index (χ2v) is 5.46. The van der Waals surface area contributed by atoms with E-state index in [1.54, 1.807) is 4.90 Å². The minimum Gasteiger partial charge on any atom is -0.335 e. The molecule has 1 heterocycles. The lowest BCUT2D eigenvalue weighted by molar-refractivity contribution is 0.0737. The molecule has 0 spiro atoms. The molecule has 2 rings (SSSR count). The van der Waals surface area contributed by atoms with Crippen molar-refractivity contribution in [3.8, 4) is 11.8 Å². The number of alkyl halides is 2. The number of nitrogens with zero attached hydrogens (tertiary/aromatic N) is 1. The second kappa shape index (κ2) is 9.11. The van der Waals surface area contributed by atoms with Gasteiger partial charge in [0.2, 0.25) is 0 Å². The van der Waals surface area contributed by atoms with E-state index in [0.29, 0.717) is 25.9 Å². The fourth-order valence-electron chi connectivity index (χ4n) is 2.48. The summed E-state index contributed by atoms with van der Waals surface area (Å²) >= 11 is 0. The Bertz CT molecular complexity index is 546. The lowest BCUT2D eigenvalue weighted by atomic mass is 10.1. The number of urea groups is 1. The maximum absolute atomic E-state index is 12.3. The highest BCUT2D eigenvalue weighted by atomic mass is 19.3. The summed E-state index contributed by atoms with van der Waals surface area (Å²) in [5, 5.41) is 5.55. The van der Waals surface area contributed by atoms with Crippen LogP contribution in [-0.2, 0) is 0 Å². The van der Waals surface area contributed by atoms with Crippen molar-refractivity contribution in [1.82, 2.24) is 15.5 Å². The minimum atomic E-state index is -2.30. The fraction of sp³-hybridized carbons (Fsp3) is 0.471. The van der Waals surface area contributed by atoms with Crippen molar-refractivity contribution in [1.29, 1.82) is 0 Å². The molecule has 1 aliphatic heterocycles. The Kier molecular flexibility index (Phi) is 6.82. The second-order valence-electron chi connectivity index (χ2n) is 5.46. The molecule has 2 N–H and O–H groups in total.